The standard InChI is InChI=1S/C11H18N2O/c1-10(9-12)13-7-8-14-11-5-3-2-4-6-11/h2-6,10,13H,7-9,12H2,1H3/t10-/m1/s1. The third kappa shape index (κ3) is 4.25. The Morgan fingerprint density at radius 2 is 2.07 bits per heavy atom. The van der Waals surface area contributed by atoms with Crippen molar-refractivity contribution in [2.24, 2.45) is 5.73 Å². The van der Waals surface area contributed by atoms with Crippen LogP contribution in [0.1, 0.15) is 6.92 Å². The lowest BCUT2D eigenvalue weighted by molar-refractivity contribution is 0.307. The summed E-state index contributed by atoms with van der Waals surface area (Å²) >= 11 is 0. The number of rotatable bonds is 6. The summed E-state index contributed by atoms with van der Waals surface area (Å²) in [6.45, 7) is 4.22. The number of hydrogen-bond acceptors (Lipinski definition) is 3. The SMILES string of the molecule is C[C@H](CN)NCCOc1ccccc1. The fourth-order valence-corrected chi connectivity index (χ4v) is 1.07. The first kappa shape index (κ1) is 11.0. The van der Waals surface area contributed by atoms with Crippen LogP contribution in [0.5, 0.6) is 5.75 Å². The van der Waals surface area contributed by atoms with E-state index >= 15 is 0 Å². The molecule has 0 radical (unpaired) electrons. The normalized spacial score (nSPS) is 12.4. The highest BCUT2D eigenvalue weighted by atomic mass is 16.5. The molecule has 0 saturated heterocycles. The second kappa shape index (κ2) is 6.40. The van der Waals surface area contributed by atoms with Crippen LogP contribution in [0, 0.1) is 0 Å². The van der Waals surface area contributed by atoms with E-state index < -0.39 is 0 Å². The van der Waals surface area contributed by atoms with Crippen molar-refractivity contribution in [3.8, 4) is 5.75 Å². The molecule has 14 heavy (non-hydrogen) atoms. The smallest absolute Gasteiger partial charge is 0.119 e. The Bertz CT molecular complexity index is 238. The number of ether oxygens (including phenoxy) is 1. The van der Waals surface area contributed by atoms with Crippen molar-refractivity contribution >= 4 is 0 Å². The molecule has 0 amide bonds. The van der Waals surface area contributed by atoms with Gasteiger partial charge >= 0.3 is 0 Å². The Morgan fingerprint density at radius 1 is 1.36 bits per heavy atom. The van der Waals surface area contributed by atoms with Gasteiger partial charge in [0.15, 0.2) is 0 Å². The number of para-hydroxylation sites is 1. The minimum atomic E-state index is 0.356. The van der Waals surface area contributed by atoms with Gasteiger partial charge in [-0.1, -0.05) is 18.2 Å². The number of hydrogen-bond donors (Lipinski definition) is 2. The van der Waals surface area contributed by atoms with Crippen molar-refractivity contribution in [3.05, 3.63) is 30.3 Å². The molecule has 1 aromatic carbocycles. The fourth-order valence-electron chi connectivity index (χ4n) is 1.07. The van der Waals surface area contributed by atoms with Gasteiger partial charge in [-0.05, 0) is 19.1 Å². The summed E-state index contributed by atoms with van der Waals surface area (Å²) in [5, 5.41) is 3.25. The highest BCUT2D eigenvalue weighted by Gasteiger charge is 1.96. The third-order valence-corrected chi connectivity index (χ3v) is 1.96. The number of nitrogens with one attached hydrogen (secondary N) is 1. The van der Waals surface area contributed by atoms with Crippen LogP contribution in [-0.4, -0.2) is 25.7 Å². The van der Waals surface area contributed by atoms with Crippen molar-refractivity contribution in [2.45, 2.75) is 13.0 Å². The number of benzene rings is 1. The first-order valence-electron chi connectivity index (χ1n) is 4.94. The maximum absolute atomic E-state index is 5.50. The van der Waals surface area contributed by atoms with Crippen LogP contribution >= 0.6 is 0 Å². The van der Waals surface area contributed by atoms with Crippen molar-refractivity contribution in [1.29, 1.82) is 0 Å². The molecule has 78 valence electrons. The zero-order chi connectivity index (χ0) is 10.2. The molecular formula is C11H18N2O. The van der Waals surface area contributed by atoms with Gasteiger partial charge in [-0.2, -0.15) is 0 Å². The molecule has 0 saturated carbocycles. The number of nitrogens with two attached hydrogens (primary N) is 1. The summed E-state index contributed by atoms with van der Waals surface area (Å²) in [4.78, 5) is 0. The van der Waals surface area contributed by atoms with Gasteiger partial charge in [-0.25, -0.2) is 0 Å². The van der Waals surface area contributed by atoms with Gasteiger partial charge in [-0.15, -0.1) is 0 Å². The average Bonchev–Trinajstić information content (AvgIpc) is 2.25. The van der Waals surface area contributed by atoms with Crippen LogP contribution in [0.2, 0.25) is 0 Å². The molecule has 0 unspecified atom stereocenters. The summed E-state index contributed by atoms with van der Waals surface area (Å²) in [5.74, 6) is 0.912. The van der Waals surface area contributed by atoms with Crippen LogP contribution in [0.4, 0.5) is 0 Å². The molecule has 1 rings (SSSR count). The molecular weight excluding hydrogens is 176 g/mol. The molecule has 0 aliphatic rings. The fraction of sp³-hybridized carbons (Fsp3) is 0.455. The highest BCUT2D eigenvalue weighted by molar-refractivity contribution is 5.20. The van der Waals surface area contributed by atoms with Gasteiger partial charge in [-0.3, -0.25) is 0 Å². The van der Waals surface area contributed by atoms with Crippen LogP contribution in [0.3, 0.4) is 0 Å². The molecule has 0 heterocycles. The predicted molar refractivity (Wildman–Crippen MR) is 58.5 cm³/mol. The minimum absolute atomic E-state index is 0.356. The third-order valence-electron chi connectivity index (χ3n) is 1.96. The van der Waals surface area contributed by atoms with E-state index in [4.69, 9.17) is 10.5 Å². The second-order valence-electron chi connectivity index (χ2n) is 3.25. The molecule has 0 spiro atoms. The molecule has 0 aliphatic carbocycles. The summed E-state index contributed by atoms with van der Waals surface area (Å²) in [6, 6.07) is 10.2. The summed E-state index contributed by atoms with van der Waals surface area (Å²) in [5.41, 5.74) is 5.46. The predicted octanol–water partition coefficient (Wildman–Crippen LogP) is 1.00. The van der Waals surface area contributed by atoms with E-state index in [1.165, 1.54) is 0 Å². The zero-order valence-electron chi connectivity index (χ0n) is 8.57. The summed E-state index contributed by atoms with van der Waals surface area (Å²) in [7, 11) is 0. The summed E-state index contributed by atoms with van der Waals surface area (Å²) < 4.78 is 5.50. The van der Waals surface area contributed by atoms with E-state index in [2.05, 4.69) is 12.2 Å². The largest absolute Gasteiger partial charge is 0.492 e. The van der Waals surface area contributed by atoms with Crippen molar-refractivity contribution in [3.63, 3.8) is 0 Å². The highest BCUT2D eigenvalue weighted by Crippen LogP contribution is 2.07. The molecule has 0 aliphatic heterocycles. The van der Waals surface area contributed by atoms with E-state index in [1.807, 2.05) is 30.3 Å². The molecule has 1 atom stereocenters. The summed E-state index contributed by atoms with van der Waals surface area (Å²) in [6.07, 6.45) is 0. The van der Waals surface area contributed by atoms with Crippen LogP contribution < -0.4 is 15.8 Å². The van der Waals surface area contributed by atoms with Gasteiger partial charge < -0.3 is 15.8 Å². The Labute approximate surface area is 85.3 Å². The lowest BCUT2D eigenvalue weighted by Gasteiger charge is -2.11. The molecule has 3 N–H and O–H groups in total. The molecule has 0 aromatic heterocycles. The monoisotopic (exact) mass is 194 g/mol. The quantitative estimate of drug-likeness (QED) is 0.664. The van der Waals surface area contributed by atoms with E-state index in [-0.39, 0.29) is 0 Å². The molecule has 0 fully saturated rings. The van der Waals surface area contributed by atoms with Gasteiger partial charge in [0.05, 0.1) is 0 Å². The second-order valence-corrected chi connectivity index (χ2v) is 3.25. The lowest BCUT2D eigenvalue weighted by Crippen LogP contribution is -2.35. The Balaban J connectivity index is 2.10. The van der Waals surface area contributed by atoms with E-state index in [9.17, 15) is 0 Å². The van der Waals surface area contributed by atoms with Gasteiger partial charge in [0.2, 0.25) is 0 Å². The Morgan fingerprint density at radius 3 is 2.71 bits per heavy atom. The Hall–Kier alpha value is -1.06. The lowest BCUT2D eigenvalue weighted by atomic mass is 10.3. The molecule has 3 nitrogen and oxygen atoms in total. The van der Waals surface area contributed by atoms with Crippen molar-refractivity contribution in [2.75, 3.05) is 19.7 Å². The van der Waals surface area contributed by atoms with Crippen LogP contribution in [0.25, 0.3) is 0 Å². The molecule has 3 heteroatoms. The van der Waals surface area contributed by atoms with Gasteiger partial charge in [0.25, 0.3) is 0 Å². The minimum Gasteiger partial charge on any atom is -0.492 e. The van der Waals surface area contributed by atoms with Crippen LogP contribution in [0.15, 0.2) is 30.3 Å². The van der Waals surface area contributed by atoms with E-state index in [1.54, 1.807) is 0 Å². The van der Waals surface area contributed by atoms with Crippen molar-refractivity contribution in [1.82, 2.24) is 5.32 Å². The first-order chi connectivity index (χ1) is 6.83. The Kier molecular flexibility index (Phi) is 5.04. The molecule has 1 aromatic rings. The van der Waals surface area contributed by atoms with Gasteiger partial charge in [0.1, 0.15) is 12.4 Å². The van der Waals surface area contributed by atoms with Crippen LogP contribution in [-0.2, 0) is 0 Å². The van der Waals surface area contributed by atoms with E-state index in [0.29, 0.717) is 19.2 Å². The molecule has 0 bridgehead atoms. The first-order valence-corrected chi connectivity index (χ1v) is 4.94. The average molecular weight is 194 g/mol. The van der Waals surface area contributed by atoms with E-state index in [0.717, 1.165) is 12.3 Å². The van der Waals surface area contributed by atoms with Gasteiger partial charge in [0, 0.05) is 19.1 Å². The zero-order valence-corrected chi connectivity index (χ0v) is 8.57. The topological polar surface area (TPSA) is 47.3 Å². The van der Waals surface area contributed by atoms with Crippen molar-refractivity contribution < 1.29 is 4.74 Å². The maximum atomic E-state index is 5.50. The maximum Gasteiger partial charge on any atom is 0.119 e.